The summed E-state index contributed by atoms with van der Waals surface area (Å²) in [5.74, 6) is 0.921. The highest BCUT2D eigenvalue weighted by Gasteiger charge is 2.02. The summed E-state index contributed by atoms with van der Waals surface area (Å²) in [5, 5.41) is 4.17. The van der Waals surface area contributed by atoms with Crippen molar-refractivity contribution in [2.24, 2.45) is 16.8 Å². The van der Waals surface area contributed by atoms with Gasteiger partial charge in [0.2, 0.25) is 0 Å². The van der Waals surface area contributed by atoms with Crippen molar-refractivity contribution in [3.8, 4) is 0 Å². The van der Waals surface area contributed by atoms with Gasteiger partial charge in [-0.25, -0.2) is 0 Å². The molecule has 0 aliphatic heterocycles. The Labute approximate surface area is 114 Å². The average Bonchev–Trinajstić information content (AvgIpc) is 2.29. The zero-order chi connectivity index (χ0) is 13.5. The van der Waals surface area contributed by atoms with Crippen LogP contribution in [0, 0.1) is 5.92 Å². The lowest BCUT2D eigenvalue weighted by atomic mass is 9.97. The molecule has 1 aromatic carbocycles. The summed E-state index contributed by atoms with van der Waals surface area (Å²) in [4.78, 5) is 0. The van der Waals surface area contributed by atoms with Crippen LogP contribution in [0.25, 0.3) is 0 Å². The first-order valence-electron chi connectivity index (χ1n) is 6.16. The minimum Gasteiger partial charge on any atom is -0.375 e. The minimum absolute atomic E-state index is 0.194. The molecule has 0 aromatic heterocycles. The van der Waals surface area contributed by atoms with Crippen molar-refractivity contribution < 1.29 is 0 Å². The van der Waals surface area contributed by atoms with Gasteiger partial charge in [0.05, 0.1) is 0 Å². The number of hydrazone groups is 1. The Morgan fingerprint density at radius 1 is 1.33 bits per heavy atom. The van der Waals surface area contributed by atoms with Crippen molar-refractivity contribution in [3.05, 3.63) is 35.4 Å². The number of thiocarbonyl (C=S) groups is 1. The van der Waals surface area contributed by atoms with Crippen molar-refractivity contribution in [3.63, 3.8) is 0 Å². The summed E-state index contributed by atoms with van der Waals surface area (Å²) in [6.07, 6.45) is 2.79. The molecule has 3 N–H and O–H groups in total. The molecule has 0 fully saturated rings. The summed E-state index contributed by atoms with van der Waals surface area (Å²) in [6, 6.07) is 8.75. The van der Waals surface area contributed by atoms with E-state index in [2.05, 4.69) is 67.8 Å². The lowest BCUT2D eigenvalue weighted by molar-refractivity contribution is 0.772. The first-order valence-corrected chi connectivity index (χ1v) is 6.57. The molecule has 0 heterocycles. The van der Waals surface area contributed by atoms with E-state index in [1.54, 1.807) is 0 Å². The molecule has 0 amide bonds. The van der Waals surface area contributed by atoms with Gasteiger partial charge in [0.25, 0.3) is 0 Å². The summed E-state index contributed by atoms with van der Waals surface area (Å²) in [7, 11) is 0. The number of rotatable bonds is 5. The van der Waals surface area contributed by atoms with Gasteiger partial charge >= 0.3 is 0 Å². The van der Waals surface area contributed by atoms with Gasteiger partial charge in [-0.15, -0.1) is 0 Å². The second-order valence-electron chi connectivity index (χ2n) is 4.83. The summed E-state index contributed by atoms with van der Waals surface area (Å²) in [6.45, 7) is 6.51. The molecule has 3 nitrogen and oxygen atoms in total. The number of hydrogen-bond acceptors (Lipinski definition) is 2. The standard InChI is InChI=1S/C14H21N3S/c1-10(2)13-6-4-12(5-7-13)8-11(3)9-16-17-14(15)18/h4-7,9-11H,8H2,1-3H3,(H3,15,17,18). The van der Waals surface area contributed by atoms with Crippen LogP contribution < -0.4 is 11.2 Å². The number of nitrogens with two attached hydrogens (primary N) is 1. The fourth-order valence-corrected chi connectivity index (χ4v) is 1.74. The largest absolute Gasteiger partial charge is 0.375 e. The van der Waals surface area contributed by atoms with Gasteiger partial charge in [-0.3, -0.25) is 5.43 Å². The maximum atomic E-state index is 5.28. The number of nitrogens with zero attached hydrogens (tertiary/aromatic N) is 1. The maximum absolute atomic E-state index is 5.28. The van der Waals surface area contributed by atoms with E-state index in [0.717, 1.165) is 6.42 Å². The molecule has 1 unspecified atom stereocenters. The Kier molecular flexibility index (Phi) is 5.78. The van der Waals surface area contributed by atoms with E-state index in [0.29, 0.717) is 11.8 Å². The highest BCUT2D eigenvalue weighted by atomic mass is 32.1. The van der Waals surface area contributed by atoms with Crippen LogP contribution in [0.5, 0.6) is 0 Å². The van der Waals surface area contributed by atoms with E-state index >= 15 is 0 Å². The van der Waals surface area contributed by atoms with Crippen molar-refractivity contribution in [1.29, 1.82) is 0 Å². The molecule has 0 aliphatic carbocycles. The van der Waals surface area contributed by atoms with Gasteiger partial charge in [-0.1, -0.05) is 45.0 Å². The van der Waals surface area contributed by atoms with Crippen LogP contribution in [0.3, 0.4) is 0 Å². The Morgan fingerprint density at radius 2 is 1.94 bits per heavy atom. The fourth-order valence-electron chi connectivity index (χ4n) is 1.69. The topological polar surface area (TPSA) is 50.4 Å². The van der Waals surface area contributed by atoms with E-state index in [4.69, 9.17) is 5.73 Å². The Hall–Kier alpha value is -1.42. The van der Waals surface area contributed by atoms with Gasteiger partial charge < -0.3 is 5.73 Å². The Balaban J connectivity index is 2.51. The van der Waals surface area contributed by atoms with Gasteiger partial charge in [0.15, 0.2) is 5.11 Å². The van der Waals surface area contributed by atoms with E-state index < -0.39 is 0 Å². The summed E-state index contributed by atoms with van der Waals surface area (Å²) >= 11 is 4.67. The van der Waals surface area contributed by atoms with E-state index in [1.165, 1.54) is 11.1 Å². The second-order valence-corrected chi connectivity index (χ2v) is 5.27. The molecule has 0 aliphatic rings. The number of hydrogen-bond donors (Lipinski definition) is 2. The van der Waals surface area contributed by atoms with Gasteiger partial charge in [0.1, 0.15) is 0 Å². The molecular weight excluding hydrogens is 242 g/mol. The van der Waals surface area contributed by atoms with Crippen LogP contribution >= 0.6 is 12.2 Å². The van der Waals surface area contributed by atoms with Gasteiger partial charge in [-0.2, -0.15) is 5.10 Å². The molecule has 0 bridgehead atoms. The quantitative estimate of drug-likeness (QED) is 0.488. The first-order chi connectivity index (χ1) is 8.49. The zero-order valence-corrected chi connectivity index (χ0v) is 12.0. The predicted molar refractivity (Wildman–Crippen MR) is 81.8 cm³/mol. The molecule has 1 aromatic rings. The third-order valence-corrected chi connectivity index (χ3v) is 2.80. The van der Waals surface area contributed by atoms with Gasteiger partial charge in [-0.05, 0) is 41.6 Å². The average molecular weight is 263 g/mol. The van der Waals surface area contributed by atoms with Crippen LogP contribution in [-0.2, 0) is 6.42 Å². The predicted octanol–water partition coefficient (Wildman–Crippen LogP) is 2.81. The molecule has 0 radical (unpaired) electrons. The molecule has 0 saturated heterocycles. The lowest BCUT2D eigenvalue weighted by Gasteiger charge is -2.09. The smallest absolute Gasteiger partial charge is 0.184 e. The molecule has 4 heteroatoms. The maximum Gasteiger partial charge on any atom is 0.184 e. The van der Waals surface area contributed by atoms with Gasteiger partial charge in [0, 0.05) is 6.21 Å². The normalized spacial score (nSPS) is 12.9. The minimum atomic E-state index is 0.194. The van der Waals surface area contributed by atoms with Crippen LogP contribution in [0.2, 0.25) is 0 Å². The monoisotopic (exact) mass is 263 g/mol. The van der Waals surface area contributed by atoms with E-state index in [-0.39, 0.29) is 5.11 Å². The van der Waals surface area contributed by atoms with Crippen LogP contribution in [0.15, 0.2) is 29.4 Å². The first kappa shape index (κ1) is 14.6. The van der Waals surface area contributed by atoms with Crippen LogP contribution in [0.4, 0.5) is 0 Å². The Morgan fingerprint density at radius 3 is 2.44 bits per heavy atom. The molecule has 1 rings (SSSR count). The number of benzene rings is 1. The fraction of sp³-hybridized carbons (Fsp3) is 0.429. The zero-order valence-electron chi connectivity index (χ0n) is 11.2. The lowest BCUT2D eigenvalue weighted by Crippen LogP contribution is -2.24. The number of nitrogens with one attached hydrogen (secondary N) is 1. The van der Waals surface area contributed by atoms with E-state index in [1.807, 2.05) is 6.21 Å². The second kappa shape index (κ2) is 7.11. The molecule has 0 saturated carbocycles. The highest BCUT2D eigenvalue weighted by molar-refractivity contribution is 7.80. The van der Waals surface area contributed by atoms with E-state index in [9.17, 15) is 0 Å². The Bertz CT molecular complexity index is 410. The third kappa shape index (κ3) is 5.27. The van der Waals surface area contributed by atoms with Crippen molar-refractivity contribution in [2.75, 3.05) is 0 Å². The van der Waals surface area contributed by atoms with Crippen LogP contribution in [0.1, 0.15) is 37.8 Å². The SMILES string of the molecule is CC(C=NNC(N)=S)Cc1ccc(C(C)C)cc1. The van der Waals surface area contributed by atoms with Crippen molar-refractivity contribution in [1.82, 2.24) is 5.43 Å². The highest BCUT2D eigenvalue weighted by Crippen LogP contribution is 2.16. The third-order valence-electron chi connectivity index (χ3n) is 2.71. The van der Waals surface area contributed by atoms with Crippen LogP contribution in [-0.4, -0.2) is 11.3 Å². The van der Waals surface area contributed by atoms with Crippen molar-refractivity contribution >= 4 is 23.5 Å². The molecular formula is C14H21N3S. The summed E-state index contributed by atoms with van der Waals surface area (Å²) in [5.41, 5.74) is 10.5. The molecule has 0 spiro atoms. The van der Waals surface area contributed by atoms with Crippen molar-refractivity contribution in [2.45, 2.75) is 33.1 Å². The molecule has 98 valence electrons. The molecule has 1 atom stereocenters. The summed E-state index contributed by atoms with van der Waals surface area (Å²) < 4.78 is 0. The molecule has 18 heavy (non-hydrogen) atoms.